The Kier molecular flexibility index (Phi) is 2.00. The van der Waals surface area contributed by atoms with Gasteiger partial charge < -0.3 is 0 Å². The Bertz CT molecular complexity index is 618. The molecular formula is C11H7N5. The molecule has 5 nitrogen and oxygen atoms in total. The van der Waals surface area contributed by atoms with E-state index in [1.807, 2.05) is 18.2 Å². The second kappa shape index (κ2) is 3.62. The van der Waals surface area contributed by atoms with Crippen molar-refractivity contribution in [1.82, 2.24) is 25.1 Å². The predicted molar refractivity (Wildman–Crippen MR) is 58.4 cm³/mol. The van der Waals surface area contributed by atoms with Crippen LogP contribution >= 0.6 is 0 Å². The Balaban J connectivity index is 2.32. The quantitative estimate of drug-likeness (QED) is 0.607. The van der Waals surface area contributed by atoms with E-state index in [4.69, 9.17) is 0 Å². The van der Waals surface area contributed by atoms with Gasteiger partial charge in [0, 0.05) is 18.6 Å². The van der Waals surface area contributed by atoms with Crippen LogP contribution in [-0.4, -0.2) is 25.1 Å². The van der Waals surface area contributed by atoms with Gasteiger partial charge >= 0.3 is 0 Å². The smallest absolute Gasteiger partial charge is 0.139 e. The second-order valence-corrected chi connectivity index (χ2v) is 3.20. The third kappa shape index (κ3) is 1.38. The first-order chi connectivity index (χ1) is 7.95. The molecule has 3 aromatic heterocycles. The van der Waals surface area contributed by atoms with Gasteiger partial charge in [0.25, 0.3) is 0 Å². The van der Waals surface area contributed by atoms with Crippen LogP contribution in [0.4, 0.5) is 0 Å². The lowest BCUT2D eigenvalue weighted by molar-refractivity contribution is 1.03. The molecule has 76 valence electrons. The fraction of sp³-hybridized carbons (Fsp3) is 0. The van der Waals surface area contributed by atoms with E-state index in [-0.39, 0.29) is 0 Å². The van der Waals surface area contributed by atoms with E-state index in [2.05, 4.69) is 25.1 Å². The molecule has 0 aromatic carbocycles. The molecule has 3 aromatic rings. The lowest BCUT2D eigenvalue weighted by Crippen LogP contribution is -1.94. The Hall–Kier alpha value is -2.43. The number of hydrogen-bond acceptors (Lipinski definition) is 5. The summed E-state index contributed by atoms with van der Waals surface area (Å²) in [6, 6.07) is 5.63. The van der Waals surface area contributed by atoms with Crippen molar-refractivity contribution in [2.75, 3.05) is 0 Å². The average molecular weight is 209 g/mol. The highest BCUT2D eigenvalue weighted by atomic mass is 15.1. The maximum Gasteiger partial charge on any atom is 0.139 e. The van der Waals surface area contributed by atoms with Gasteiger partial charge in [-0.3, -0.25) is 15.0 Å². The van der Waals surface area contributed by atoms with Crippen LogP contribution in [0.1, 0.15) is 0 Å². The number of rotatable bonds is 1. The Labute approximate surface area is 91.2 Å². The SMILES string of the molecule is c1ccc(-c2nncc3nccnc23)nc1. The highest BCUT2D eigenvalue weighted by Gasteiger charge is 2.08. The topological polar surface area (TPSA) is 64.5 Å². The fourth-order valence-electron chi connectivity index (χ4n) is 1.49. The molecule has 3 heterocycles. The van der Waals surface area contributed by atoms with E-state index >= 15 is 0 Å². The van der Waals surface area contributed by atoms with Crippen LogP contribution in [0.15, 0.2) is 43.0 Å². The van der Waals surface area contributed by atoms with Crippen LogP contribution in [-0.2, 0) is 0 Å². The molecule has 0 aliphatic rings. The lowest BCUT2D eigenvalue weighted by atomic mass is 10.2. The molecule has 0 unspecified atom stereocenters. The van der Waals surface area contributed by atoms with Crippen LogP contribution in [0.2, 0.25) is 0 Å². The number of hydrogen-bond donors (Lipinski definition) is 0. The van der Waals surface area contributed by atoms with Gasteiger partial charge in [0.15, 0.2) is 0 Å². The van der Waals surface area contributed by atoms with Crippen molar-refractivity contribution in [3.05, 3.63) is 43.0 Å². The molecule has 0 aliphatic heterocycles. The van der Waals surface area contributed by atoms with E-state index in [1.165, 1.54) is 0 Å². The maximum absolute atomic E-state index is 4.25. The molecule has 0 saturated heterocycles. The van der Waals surface area contributed by atoms with Gasteiger partial charge in [-0.2, -0.15) is 5.10 Å². The van der Waals surface area contributed by atoms with Gasteiger partial charge in [-0.15, -0.1) is 5.10 Å². The minimum absolute atomic E-state index is 0.659. The summed E-state index contributed by atoms with van der Waals surface area (Å²) in [5.41, 5.74) is 2.85. The molecule has 0 bridgehead atoms. The predicted octanol–water partition coefficient (Wildman–Crippen LogP) is 1.48. The van der Waals surface area contributed by atoms with Gasteiger partial charge in [-0.05, 0) is 12.1 Å². The standard InChI is InChI=1S/C11H7N5/c1-2-4-12-8(3-1)11-10-9(7-15-16-11)13-5-6-14-10/h1-7H. The zero-order valence-electron chi connectivity index (χ0n) is 8.28. The molecule has 0 aliphatic carbocycles. The van der Waals surface area contributed by atoms with Gasteiger partial charge in [0.1, 0.15) is 16.7 Å². The van der Waals surface area contributed by atoms with Crippen LogP contribution in [0.5, 0.6) is 0 Å². The fourth-order valence-corrected chi connectivity index (χ4v) is 1.49. The highest BCUT2D eigenvalue weighted by molar-refractivity contribution is 5.86. The number of pyridine rings is 1. The highest BCUT2D eigenvalue weighted by Crippen LogP contribution is 2.19. The molecule has 0 spiro atoms. The molecule has 0 radical (unpaired) electrons. The molecular weight excluding hydrogens is 202 g/mol. The molecule has 0 atom stereocenters. The van der Waals surface area contributed by atoms with Crippen LogP contribution in [0.3, 0.4) is 0 Å². The molecule has 0 fully saturated rings. The van der Waals surface area contributed by atoms with Crippen LogP contribution in [0, 0.1) is 0 Å². The number of aromatic nitrogens is 5. The van der Waals surface area contributed by atoms with Crippen molar-refractivity contribution < 1.29 is 0 Å². The van der Waals surface area contributed by atoms with E-state index in [0.717, 1.165) is 16.7 Å². The first kappa shape index (κ1) is 8.84. The lowest BCUT2D eigenvalue weighted by Gasteiger charge is -2.01. The van der Waals surface area contributed by atoms with Crippen molar-refractivity contribution in [2.45, 2.75) is 0 Å². The summed E-state index contributed by atoms with van der Waals surface area (Å²) in [6.07, 6.45) is 6.57. The Morgan fingerprint density at radius 1 is 0.875 bits per heavy atom. The minimum Gasteiger partial charge on any atom is -0.254 e. The van der Waals surface area contributed by atoms with Gasteiger partial charge in [-0.1, -0.05) is 6.07 Å². The molecule has 0 amide bonds. The summed E-state index contributed by atoms with van der Waals surface area (Å²) in [5.74, 6) is 0. The third-order valence-corrected chi connectivity index (χ3v) is 2.20. The van der Waals surface area contributed by atoms with Crippen molar-refractivity contribution >= 4 is 11.0 Å². The van der Waals surface area contributed by atoms with Gasteiger partial charge in [0.2, 0.25) is 0 Å². The summed E-state index contributed by atoms with van der Waals surface area (Å²) in [5, 5.41) is 7.96. The van der Waals surface area contributed by atoms with E-state index in [9.17, 15) is 0 Å². The van der Waals surface area contributed by atoms with Crippen molar-refractivity contribution in [1.29, 1.82) is 0 Å². The zero-order valence-corrected chi connectivity index (χ0v) is 8.28. The van der Waals surface area contributed by atoms with Gasteiger partial charge in [-0.25, -0.2) is 0 Å². The Morgan fingerprint density at radius 3 is 2.69 bits per heavy atom. The van der Waals surface area contributed by atoms with Gasteiger partial charge in [0.05, 0.1) is 11.9 Å². The van der Waals surface area contributed by atoms with E-state index < -0.39 is 0 Å². The van der Waals surface area contributed by atoms with Crippen molar-refractivity contribution in [3.8, 4) is 11.4 Å². The second-order valence-electron chi connectivity index (χ2n) is 3.20. The number of nitrogens with zero attached hydrogens (tertiary/aromatic N) is 5. The molecule has 3 rings (SSSR count). The molecule has 0 N–H and O–H groups in total. The average Bonchev–Trinajstić information content (AvgIpc) is 2.39. The normalized spacial score (nSPS) is 10.5. The third-order valence-electron chi connectivity index (χ3n) is 2.20. The summed E-state index contributed by atoms with van der Waals surface area (Å²) in [6.45, 7) is 0. The first-order valence-corrected chi connectivity index (χ1v) is 4.79. The summed E-state index contributed by atoms with van der Waals surface area (Å²) in [4.78, 5) is 12.7. The van der Waals surface area contributed by atoms with E-state index in [1.54, 1.807) is 24.8 Å². The molecule has 5 heteroatoms. The number of fused-ring (bicyclic) bond motifs is 1. The summed E-state index contributed by atoms with van der Waals surface area (Å²) >= 11 is 0. The molecule has 0 saturated carbocycles. The molecule has 16 heavy (non-hydrogen) atoms. The maximum atomic E-state index is 4.25. The summed E-state index contributed by atoms with van der Waals surface area (Å²) < 4.78 is 0. The largest absolute Gasteiger partial charge is 0.254 e. The first-order valence-electron chi connectivity index (χ1n) is 4.79. The Morgan fingerprint density at radius 2 is 1.81 bits per heavy atom. The minimum atomic E-state index is 0.659. The van der Waals surface area contributed by atoms with Crippen LogP contribution < -0.4 is 0 Å². The van der Waals surface area contributed by atoms with Crippen LogP contribution in [0.25, 0.3) is 22.4 Å². The van der Waals surface area contributed by atoms with Crippen molar-refractivity contribution in [3.63, 3.8) is 0 Å². The van der Waals surface area contributed by atoms with Crippen molar-refractivity contribution in [2.24, 2.45) is 0 Å². The zero-order chi connectivity index (χ0) is 10.8. The summed E-state index contributed by atoms with van der Waals surface area (Å²) in [7, 11) is 0. The monoisotopic (exact) mass is 209 g/mol. The van der Waals surface area contributed by atoms with E-state index in [0.29, 0.717) is 5.69 Å².